The summed E-state index contributed by atoms with van der Waals surface area (Å²) in [7, 11) is 0. The predicted octanol–water partition coefficient (Wildman–Crippen LogP) is 2.29. The molecule has 2 aliphatic heterocycles. The van der Waals surface area contributed by atoms with Gasteiger partial charge in [-0.2, -0.15) is 13.2 Å². The Balaban J connectivity index is 2.01. The Morgan fingerprint density at radius 1 is 1.35 bits per heavy atom. The van der Waals surface area contributed by atoms with Crippen molar-refractivity contribution in [3.63, 3.8) is 0 Å². The van der Waals surface area contributed by atoms with Gasteiger partial charge in [0.15, 0.2) is 0 Å². The van der Waals surface area contributed by atoms with Crippen molar-refractivity contribution in [1.29, 1.82) is 0 Å². The second-order valence-corrected chi connectivity index (χ2v) is 4.36. The molecule has 6 heteroatoms. The molecule has 92 valence electrons. The number of rotatable bonds is 0. The zero-order chi connectivity index (χ0) is 12.0. The van der Waals surface area contributed by atoms with Crippen molar-refractivity contribution in [1.82, 2.24) is 10.3 Å². The van der Waals surface area contributed by atoms with E-state index in [2.05, 4.69) is 10.3 Å². The Labute approximate surface area is 96.0 Å². The minimum Gasteiger partial charge on any atom is -0.474 e. The molecule has 0 radical (unpaired) electrons. The van der Waals surface area contributed by atoms with E-state index >= 15 is 0 Å². The molecule has 17 heavy (non-hydrogen) atoms. The molecule has 1 aromatic rings. The molecule has 0 saturated carbocycles. The molecule has 0 unspecified atom stereocenters. The number of hydrogen-bond donors (Lipinski definition) is 1. The average molecular weight is 244 g/mol. The second kappa shape index (κ2) is 3.60. The summed E-state index contributed by atoms with van der Waals surface area (Å²) in [6, 6.07) is 2.55. The normalized spacial score (nSPS) is 27.2. The van der Waals surface area contributed by atoms with Crippen LogP contribution in [0.25, 0.3) is 0 Å². The lowest BCUT2D eigenvalue weighted by molar-refractivity contribution is -0.141. The average Bonchev–Trinajstić information content (AvgIpc) is 2.27. The van der Waals surface area contributed by atoms with Crippen molar-refractivity contribution in [3.8, 4) is 5.88 Å². The topological polar surface area (TPSA) is 34.1 Å². The van der Waals surface area contributed by atoms with Crippen molar-refractivity contribution >= 4 is 0 Å². The fourth-order valence-corrected chi connectivity index (χ4v) is 2.35. The predicted molar refractivity (Wildman–Crippen MR) is 53.6 cm³/mol. The van der Waals surface area contributed by atoms with E-state index in [0.29, 0.717) is 0 Å². The zero-order valence-corrected chi connectivity index (χ0v) is 8.92. The number of fused-ring (bicyclic) bond motifs is 4. The van der Waals surface area contributed by atoms with Crippen molar-refractivity contribution in [2.45, 2.75) is 31.2 Å². The van der Waals surface area contributed by atoms with E-state index in [1.54, 1.807) is 0 Å². The highest BCUT2D eigenvalue weighted by atomic mass is 19.4. The van der Waals surface area contributed by atoms with Gasteiger partial charge in [-0.3, -0.25) is 0 Å². The van der Waals surface area contributed by atoms with Crippen LogP contribution in [0.2, 0.25) is 0 Å². The summed E-state index contributed by atoms with van der Waals surface area (Å²) < 4.78 is 43.0. The first-order valence-electron chi connectivity index (χ1n) is 5.52. The van der Waals surface area contributed by atoms with E-state index in [1.165, 1.54) is 6.07 Å². The van der Waals surface area contributed by atoms with Crippen LogP contribution in [-0.2, 0) is 6.18 Å². The number of piperidine rings is 1. The van der Waals surface area contributed by atoms with Crippen molar-refractivity contribution in [3.05, 3.63) is 23.4 Å². The van der Waals surface area contributed by atoms with Gasteiger partial charge in [-0.1, -0.05) is 0 Å². The first-order chi connectivity index (χ1) is 8.04. The molecule has 0 amide bonds. The number of aromatic nitrogens is 1. The van der Waals surface area contributed by atoms with Gasteiger partial charge < -0.3 is 10.1 Å². The molecular weight excluding hydrogens is 233 g/mol. The highest BCUT2D eigenvalue weighted by Crippen LogP contribution is 2.38. The lowest BCUT2D eigenvalue weighted by Gasteiger charge is -2.36. The van der Waals surface area contributed by atoms with Crippen LogP contribution in [0, 0.1) is 0 Å². The number of pyridine rings is 1. The molecule has 1 saturated heterocycles. The van der Waals surface area contributed by atoms with E-state index in [0.717, 1.165) is 31.0 Å². The van der Waals surface area contributed by atoms with Gasteiger partial charge in [0.2, 0.25) is 5.88 Å². The Morgan fingerprint density at radius 3 is 2.94 bits per heavy atom. The standard InChI is InChI=1S/C11H11F3N2O/c12-11(13,14)9-2-1-7-8-5-6(3-4-15-8)17-10(7)16-9/h1-2,6,8,15H,3-5H2/t6-,8+/m0/s1. The van der Waals surface area contributed by atoms with Gasteiger partial charge in [-0.25, -0.2) is 4.98 Å². The molecule has 3 rings (SSSR count). The van der Waals surface area contributed by atoms with E-state index in [-0.39, 0.29) is 18.0 Å². The van der Waals surface area contributed by atoms with Crippen molar-refractivity contribution < 1.29 is 17.9 Å². The van der Waals surface area contributed by atoms with Crippen LogP contribution in [0.4, 0.5) is 13.2 Å². The van der Waals surface area contributed by atoms with Gasteiger partial charge in [-0.05, 0) is 25.1 Å². The van der Waals surface area contributed by atoms with Gasteiger partial charge in [0.25, 0.3) is 0 Å². The summed E-state index contributed by atoms with van der Waals surface area (Å²) in [6.07, 6.45) is -2.81. The molecule has 0 aromatic carbocycles. The largest absolute Gasteiger partial charge is 0.474 e. The molecular formula is C11H11F3N2O. The number of ether oxygens (including phenoxy) is 1. The smallest absolute Gasteiger partial charge is 0.433 e. The molecule has 3 heterocycles. The summed E-state index contributed by atoms with van der Waals surface area (Å²) in [5.74, 6) is 0.133. The SMILES string of the molecule is FC(F)(F)c1ccc2c(n1)O[C@H]1CCN[C@@H]2C1. The first-order valence-corrected chi connectivity index (χ1v) is 5.52. The maximum atomic E-state index is 12.5. The van der Waals surface area contributed by atoms with E-state index in [1.807, 2.05) is 0 Å². The summed E-state index contributed by atoms with van der Waals surface area (Å²) in [5, 5.41) is 3.26. The van der Waals surface area contributed by atoms with E-state index in [9.17, 15) is 13.2 Å². The summed E-state index contributed by atoms with van der Waals surface area (Å²) in [6.45, 7) is 0.829. The van der Waals surface area contributed by atoms with Crippen LogP contribution >= 0.6 is 0 Å². The zero-order valence-electron chi connectivity index (χ0n) is 8.92. The van der Waals surface area contributed by atoms with Gasteiger partial charge in [0.1, 0.15) is 11.8 Å². The number of nitrogens with zero attached hydrogens (tertiary/aromatic N) is 1. The molecule has 1 N–H and O–H groups in total. The third-order valence-corrected chi connectivity index (χ3v) is 3.19. The summed E-state index contributed by atoms with van der Waals surface area (Å²) in [4.78, 5) is 3.58. The van der Waals surface area contributed by atoms with E-state index < -0.39 is 11.9 Å². The lowest BCUT2D eigenvalue weighted by atomic mass is 9.93. The third kappa shape index (κ3) is 1.86. The number of hydrogen-bond acceptors (Lipinski definition) is 3. The van der Waals surface area contributed by atoms with Crippen molar-refractivity contribution in [2.75, 3.05) is 6.54 Å². The lowest BCUT2D eigenvalue weighted by Crippen LogP contribution is -2.41. The molecule has 2 atom stereocenters. The molecule has 3 nitrogen and oxygen atoms in total. The number of nitrogens with one attached hydrogen (secondary N) is 1. The number of alkyl halides is 3. The highest BCUT2D eigenvalue weighted by Gasteiger charge is 2.37. The maximum Gasteiger partial charge on any atom is 0.433 e. The van der Waals surface area contributed by atoms with Gasteiger partial charge >= 0.3 is 6.18 Å². The monoisotopic (exact) mass is 244 g/mol. The summed E-state index contributed by atoms with van der Waals surface area (Å²) >= 11 is 0. The van der Waals surface area contributed by atoms with Crippen molar-refractivity contribution in [2.24, 2.45) is 0 Å². The minimum absolute atomic E-state index is 0.00951. The van der Waals surface area contributed by atoms with Gasteiger partial charge in [-0.15, -0.1) is 0 Å². The Kier molecular flexibility index (Phi) is 2.29. The quantitative estimate of drug-likeness (QED) is 0.760. The second-order valence-electron chi connectivity index (χ2n) is 4.36. The van der Waals surface area contributed by atoms with Gasteiger partial charge in [0, 0.05) is 18.0 Å². The van der Waals surface area contributed by atoms with Crippen LogP contribution in [-0.4, -0.2) is 17.6 Å². The van der Waals surface area contributed by atoms with Crippen LogP contribution in [0.15, 0.2) is 12.1 Å². The molecule has 0 aliphatic carbocycles. The van der Waals surface area contributed by atoms with Crippen LogP contribution in [0.3, 0.4) is 0 Å². The minimum atomic E-state index is -4.42. The molecule has 2 aliphatic rings. The molecule has 1 fully saturated rings. The molecule has 2 bridgehead atoms. The van der Waals surface area contributed by atoms with E-state index in [4.69, 9.17) is 4.74 Å². The fraction of sp³-hybridized carbons (Fsp3) is 0.545. The van der Waals surface area contributed by atoms with Crippen LogP contribution in [0.1, 0.15) is 30.1 Å². The highest BCUT2D eigenvalue weighted by molar-refractivity contribution is 5.34. The Morgan fingerprint density at radius 2 is 2.18 bits per heavy atom. The van der Waals surface area contributed by atoms with Crippen LogP contribution in [0.5, 0.6) is 5.88 Å². The molecule has 0 spiro atoms. The van der Waals surface area contributed by atoms with Gasteiger partial charge in [0.05, 0.1) is 0 Å². The Hall–Kier alpha value is -1.30. The fourth-order valence-electron chi connectivity index (χ4n) is 2.35. The Bertz CT molecular complexity index is 447. The first kappa shape index (κ1) is 10.8. The number of halogens is 3. The van der Waals surface area contributed by atoms with Crippen LogP contribution < -0.4 is 10.1 Å². The third-order valence-electron chi connectivity index (χ3n) is 3.19. The molecule has 1 aromatic heterocycles. The summed E-state index contributed by atoms with van der Waals surface area (Å²) in [5.41, 5.74) is -0.162. The maximum absolute atomic E-state index is 12.5.